The van der Waals surface area contributed by atoms with Crippen molar-refractivity contribution in [2.45, 2.75) is 38.8 Å². The number of rotatable bonds is 8. The molecule has 100 valence electrons. The number of carbonyl (C=O) groups is 2. The lowest BCUT2D eigenvalue weighted by molar-refractivity contribution is -0.147. The number of nitrogens with one attached hydrogen (secondary N) is 1. The average molecular weight is 246 g/mol. The molecule has 0 saturated heterocycles. The lowest BCUT2D eigenvalue weighted by atomic mass is 10.2. The molecule has 6 nitrogen and oxygen atoms in total. The minimum Gasteiger partial charge on any atom is -0.464 e. The van der Waals surface area contributed by atoms with Crippen molar-refractivity contribution in [1.29, 1.82) is 0 Å². The van der Waals surface area contributed by atoms with Gasteiger partial charge in [-0.1, -0.05) is 13.3 Å². The summed E-state index contributed by atoms with van der Waals surface area (Å²) in [5.74, 6) is -0.872. The number of ether oxygens (including phenoxy) is 2. The number of nitrogens with two attached hydrogens (primary N) is 1. The van der Waals surface area contributed by atoms with Gasteiger partial charge in [-0.25, -0.2) is 4.79 Å². The van der Waals surface area contributed by atoms with Gasteiger partial charge in [-0.05, 0) is 13.3 Å². The fraction of sp³-hybridized carbons (Fsp3) is 0.818. The highest BCUT2D eigenvalue weighted by molar-refractivity contribution is 5.87. The minimum absolute atomic E-state index is 0.115. The quantitative estimate of drug-likeness (QED) is 0.457. The molecule has 1 amide bonds. The van der Waals surface area contributed by atoms with Gasteiger partial charge in [0.2, 0.25) is 5.91 Å². The molecule has 0 radical (unpaired) electrons. The summed E-state index contributed by atoms with van der Waals surface area (Å²) in [7, 11) is 1.45. The number of methoxy groups -OCH3 is 1. The van der Waals surface area contributed by atoms with Gasteiger partial charge in [0.1, 0.15) is 12.1 Å². The van der Waals surface area contributed by atoms with Crippen molar-refractivity contribution in [3.05, 3.63) is 0 Å². The summed E-state index contributed by atoms with van der Waals surface area (Å²) < 4.78 is 9.70. The first kappa shape index (κ1) is 15.9. The number of hydrogen-bond acceptors (Lipinski definition) is 5. The first-order valence-electron chi connectivity index (χ1n) is 5.74. The van der Waals surface area contributed by atoms with E-state index in [1.54, 1.807) is 6.92 Å². The van der Waals surface area contributed by atoms with Gasteiger partial charge in [-0.2, -0.15) is 0 Å². The maximum Gasteiger partial charge on any atom is 0.328 e. The first-order valence-corrected chi connectivity index (χ1v) is 5.74. The van der Waals surface area contributed by atoms with E-state index in [2.05, 4.69) is 5.32 Å². The van der Waals surface area contributed by atoms with Crippen LogP contribution in [0.4, 0.5) is 0 Å². The highest BCUT2D eigenvalue weighted by Crippen LogP contribution is 1.93. The van der Waals surface area contributed by atoms with E-state index in [-0.39, 0.29) is 6.61 Å². The molecule has 0 saturated carbocycles. The molecule has 0 aromatic carbocycles. The molecule has 3 N–H and O–H groups in total. The highest BCUT2D eigenvalue weighted by atomic mass is 16.5. The lowest BCUT2D eigenvalue weighted by Crippen LogP contribution is -2.49. The van der Waals surface area contributed by atoms with Gasteiger partial charge in [0.25, 0.3) is 0 Å². The maximum atomic E-state index is 11.5. The molecular weight excluding hydrogens is 224 g/mol. The van der Waals surface area contributed by atoms with Crippen LogP contribution in [0.5, 0.6) is 0 Å². The lowest BCUT2D eigenvalue weighted by Gasteiger charge is -2.16. The van der Waals surface area contributed by atoms with Crippen LogP contribution in [0.25, 0.3) is 0 Å². The summed E-state index contributed by atoms with van der Waals surface area (Å²) in [5.41, 5.74) is 5.51. The van der Waals surface area contributed by atoms with Crippen LogP contribution < -0.4 is 11.1 Å². The van der Waals surface area contributed by atoms with E-state index in [1.807, 2.05) is 6.92 Å². The smallest absolute Gasteiger partial charge is 0.328 e. The minimum atomic E-state index is -0.772. The number of esters is 1. The Hall–Kier alpha value is -1.14. The largest absolute Gasteiger partial charge is 0.464 e. The third kappa shape index (κ3) is 6.91. The third-order valence-corrected chi connectivity index (χ3v) is 2.14. The molecular formula is C11H22N2O4. The number of carbonyl (C=O) groups excluding carboxylic acids is 2. The van der Waals surface area contributed by atoms with Crippen LogP contribution in [-0.2, 0) is 19.1 Å². The molecule has 0 aliphatic carbocycles. The van der Waals surface area contributed by atoms with Crippen LogP contribution in [0.2, 0.25) is 0 Å². The van der Waals surface area contributed by atoms with Gasteiger partial charge < -0.3 is 20.5 Å². The summed E-state index contributed by atoms with van der Waals surface area (Å²) in [4.78, 5) is 22.9. The Kier molecular flexibility index (Phi) is 8.35. The molecule has 0 heterocycles. The van der Waals surface area contributed by atoms with Crippen molar-refractivity contribution < 1.29 is 19.1 Å². The Morgan fingerprint density at radius 3 is 2.59 bits per heavy atom. The van der Waals surface area contributed by atoms with Gasteiger partial charge in [0.15, 0.2) is 0 Å². The summed E-state index contributed by atoms with van der Waals surface area (Å²) in [6.45, 7) is 4.05. The molecule has 0 rings (SSSR count). The van der Waals surface area contributed by atoms with Crippen LogP contribution in [0.3, 0.4) is 0 Å². The predicted octanol–water partition coefficient (Wildman–Crippen LogP) is -0.192. The predicted molar refractivity (Wildman–Crippen MR) is 63.3 cm³/mol. The number of amides is 1. The van der Waals surface area contributed by atoms with Crippen LogP contribution in [0, 0.1) is 0 Å². The summed E-state index contributed by atoms with van der Waals surface area (Å²) in [6.07, 6.45) is 1.77. The van der Waals surface area contributed by atoms with Gasteiger partial charge in [-0.3, -0.25) is 4.79 Å². The second-order valence-electron chi connectivity index (χ2n) is 3.81. The third-order valence-electron chi connectivity index (χ3n) is 2.14. The second kappa shape index (κ2) is 8.95. The van der Waals surface area contributed by atoms with Gasteiger partial charge in [0, 0.05) is 7.11 Å². The molecule has 0 aromatic heterocycles. The molecule has 0 fully saturated rings. The zero-order valence-electron chi connectivity index (χ0n) is 10.7. The molecule has 0 aromatic rings. The summed E-state index contributed by atoms with van der Waals surface area (Å²) in [6, 6.07) is -1.46. The maximum absolute atomic E-state index is 11.5. The molecule has 0 unspecified atom stereocenters. The normalized spacial score (nSPS) is 13.9. The van der Waals surface area contributed by atoms with E-state index in [0.29, 0.717) is 6.61 Å². The van der Waals surface area contributed by atoms with Crippen molar-refractivity contribution in [2.24, 2.45) is 5.73 Å². The molecule has 6 heteroatoms. The van der Waals surface area contributed by atoms with E-state index in [0.717, 1.165) is 12.8 Å². The number of hydrogen-bond donors (Lipinski definition) is 2. The van der Waals surface area contributed by atoms with Crippen molar-refractivity contribution in [1.82, 2.24) is 5.32 Å². The van der Waals surface area contributed by atoms with Crippen molar-refractivity contribution >= 4 is 11.9 Å². The van der Waals surface area contributed by atoms with Crippen LogP contribution in [0.15, 0.2) is 0 Å². The fourth-order valence-electron chi connectivity index (χ4n) is 1.08. The van der Waals surface area contributed by atoms with E-state index in [9.17, 15) is 9.59 Å². The average Bonchev–Trinajstić information content (AvgIpc) is 2.29. The zero-order chi connectivity index (χ0) is 13.3. The Morgan fingerprint density at radius 2 is 2.06 bits per heavy atom. The zero-order valence-corrected chi connectivity index (χ0v) is 10.7. The standard InChI is InChI=1S/C11H22N2O4/c1-4-5-6-17-11(15)8(2)13-10(14)9(12)7-16-3/h8-9H,4-7,12H2,1-3H3,(H,13,14)/t8-,9-/m0/s1. The molecule has 0 spiro atoms. The second-order valence-corrected chi connectivity index (χ2v) is 3.81. The van der Waals surface area contributed by atoms with Crippen LogP contribution in [0.1, 0.15) is 26.7 Å². The van der Waals surface area contributed by atoms with E-state index < -0.39 is 24.0 Å². The van der Waals surface area contributed by atoms with Gasteiger partial charge >= 0.3 is 5.97 Å². The highest BCUT2D eigenvalue weighted by Gasteiger charge is 2.20. The van der Waals surface area contributed by atoms with Crippen molar-refractivity contribution in [3.63, 3.8) is 0 Å². The van der Waals surface area contributed by atoms with Crippen molar-refractivity contribution in [3.8, 4) is 0 Å². The van der Waals surface area contributed by atoms with Crippen molar-refractivity contribution in [2.75, 3.05) is 20.3 Å². The van der Waals surface area contributed by atoms with E-state index in [4.69, 9.17) is 15.2 Å². The Labute approximate surface area is 102 Å². The van der Waals surface area contributed by atoms with E-state index in [1.165, 1.54) is 7.11 Å². The number of unbranched alkanes of at least 4 members (excludes halogenated alkanes) is 1. The Morgan fingerprint density at radius 1 is 1.41 bits per heavy atom. The van der Waals surface area contributed by atoms with Gasteiger partial charge in [-0.15, -0.1) is 0 Å². The topological polar surface area (TPSA) is 90.7 Å². The monoisotopic (exact) mass is 246 g/mol. The van der Waals surface area contributed by atoms with Crippen LogP contribution >= 0.6 is 0 Å². The summed E-state index contributed by atoms with van der Waals surface area (Å²) >= 11 is 0. The molecule has 0 aliphatic rings. The summed E-state index contributed by atoms with van der Waals surface area (Å²) in [5, 5.41) is 2.47. The Balaban J connectivity index is 3.94. The van der Waals surface area contributed by atoms with Gasteiger partial charge in [0.05, 0.1) is 13.2 Å². The van der Waals surface area contributed by atoms with E-state index >= 15 is 0 Å². The molecule has 0 aliphatic heterocycles. The fourth-order valence-corrected chi connectivity index (χ4v) is 1.08. The molecule has 17 heavy (non-hydrogen) atoms. The first-order chi connectivity index (χ1) is 8.02. The molecule has 2 atom stereocenters. The Bertz CT molecular complexity index is 246. The SMILES string of the molecule is CCCCOC(=O)[C@H](C)NC(=O)[C@@H](N)COC. The van der Waals surface area contributed by atoms with Crippen LogP contribution in [-0.4, -0.2) is 44.3 Å². The molecule has 0 bridgehead atoms.